The molecule has 2 atom stereocenters. The third-order valence-corrected chi connectivity index (χ3v) is 4.30. The van der Waals surface area contributed by atoms with Crippen molar-refractivity contribution in [2.24, 2.45) is 5.73 Å². The first-order chi connectivity index (χ1) is 9.15. The fourth-order valence-electron chi connectivity index (χ4n) is 2.95. The van der Waals surface area contributed by atoms with Crippen LogP contribution in [0.5, 0.6) is 0 Å². The first-order valence-electron chi connectivity index (χ1n) is 7.24. The number of aryl methyl sites for hydroxylation is 1. The van der Waals surface area contributed by atoms with Crippen molar-refractivity contribution >= 4 is 0 Å². The Morgan fingerprint density at radius 2 is 2.11 bits per heavy atom. The molecule has 0 amide bonds. The van der Waals surface area contributed by atoms with E-state index in [1.807, 2.05) is 0 Å². The second-order valence-electron chi connectivity index (χ2n) is 5.80. The highest BCUT2D eigenvalue weighted by Gasteiger charge is 2.35. The maximum atomic E-state index is 6.08. The number of morpholine rings is 1. The highest BCUT2D eigenvalue weighted by Crippen LogP contribution is 2.25. The molecule has 0 saturated carbocycles. The van der Waals surface area contributed by atoms with Crippen LogP contribution in [0.2, 0.25) is 0 Å². The van der Waals surface area contributed by atoms with Crippen molar-refractivity contribution in [2.45, 2.75) is 38.3 Å². The molecule has 2 N–H and O–H groups in total. The molecule has 1 aromatic carbocycles. The van der Waals surface area contributed by atoms with Crippen LogP contribution in [-0.2, 0) is 11.2 Å². The minimum atomic E-state index is 0.0685. The zero-order chi connectivity index (χ0) is 13.7. The molecule has 1 heterocycles. The Kier molecular flexibility index (Phi) is 4.97. The van der Waals surface area contributed by atoms with Gasteiger partial charge < -0.3 is 10.5 Å². The maximum absolute atomic E-state index is 6.08. The summed E-state index contributed by atoms with van der Waals surface area (Å²) in [6.07, 6.45) is 2.18. The quantitative estimate of drug-likeness (QED) is 0.882. The van der Waals surface area contributed by atoms with Gasteiger partial charge in [0.2, 0.25) is 0 Å². The van der Waals surface area contributed by atoms with Crippen LogP contribution in [0.3, 0.4) is 0 Å². The lowest BCUT2D eigenvalue weighted by atomic mass is 9.89. The summed E-state index contributed by atoms with van der Waals surface area (Å²) in [4.78, 5) is 2.53. The molecule has 1 fully saturated rings. The normalized spacial score (nSPS) is 24.1. The molecular weight excluding hydrogens is 236 g/mol. The lowest BCUT2D eigenvalue weighted by Gasteiger charge is -2.46. The molecule has 3 heteroatoms. The smallest absolute Gasteiger partial charge is 0.0620 e. The number of nitrogens with two attached hydrogens (primary N) is 1. The standard InChI is InChI=1S/C16H26N2O/c1-14-12-19-11-10-18(14)16(2,13-17)9-8-15-6-4-3-5-7-15/h3-7,14H,8-13,17H2,1-2H3. The summed E-state index contributed by atoms with van der Waals surface area (Å²) in [5.41, 5.74) is 7.54. The fraction of sp³-hybridized carbons (Fsp3) is 0.625. The van der Waals surface area contributed by atoms with Crippen LogP contribution < -0.4 is 5.73 Å². The molecule has 0 radical (unpaired) electrons. The Bertz CT molecular complexity index is 382. The van der Waals surface area contributed by atoms with Gasteiger partial charge in [0.15, 0.2) is 0 Å². The molecule has 2 unspecified atom stereocenters. The molecule has 0 spiro atoms. The van der Waals surface area contributed by atoms with Gasteiger partial charge in [-0.1, -0.05) is 30.3 Å². The summed E-state index contributed by atoms with van der Waals surface area (Å²) in [5.74, 6) is 0. The predicted molar refractivity (Wildman–Crippen MR) is 79.2 cm³/mol. The van der Waals surface area contributed by atoms with Crippen molar-refractivity contribution in [2.75, 3.05) is 26.3 Å². The summed E-state index contributed by atoms with van der Waals surface area (Å²) >= 11 is 0. The first kappa shape index (κ1) is 14.5. The number of nitrogens with zero attached hydrogens (tertiary/aromatic N) is 1. The van der Waals surface area contributed by atoms with Crippen molar-refractivity contribution in [1.29, 1.82) is 0 Å². The number of benzene rings is 1. The largest absolute Gasteiger partial charge is 0.379 e. The van der Waals surface area contributed by atoms with Crippen LogP contribution in [0, 0.1) is 0 Å². The SMILES string of the molecule is CC1COCCN1C(C)(CN)CCc1ccccc1. The van der Waals surface area contributed by atoms with Crippen molar-refractivity contribution < 1.29 is 4.74 Å². The zero-order valence-electron chi connectivity index (χ0n) is 12.1. The molecule has 19 heavy (non-hydrogen) atoms. The van der Waals surface area contributed by atoms with Crippen molar-refractivity contribution in [3.63, 3.8) is 0 Å². The highest BCUT2D eigenvalue weighted by atomic mass is 16.5. The van der Waals surface area contributed by atoms with Gasteiger partial charge in [-0.3, -0.25) is 4.90 Å². The maximum Gasteiger partial charge on any atom is 0.0620 e. The summed E-state index contributed by atoms with van der Waals surface area (Å²) in [6, 6.07) is 11.1. The Balaban J connectivity index is 2.00. The Morgan fingerprint density at radius 3 is 2.74 bits per heavy atom. The van der Waals surface area contributed by atoms with E-state index in [0.717, 1.165) is 32.6 Å². The van der Waals surface area contributed by atoms with Crippen LogP contribution in [-0.4, -0.2) is 42.8 Å². The Morgan fingerprint density at radius 1 is 1.37 bits per heavy atom. The van der Waals surface area contributed by atoms with Gasteiger partial charge in [0.1, 0.15) is 0 Å². The molecule has 0 aromatic heterocycles. The molecule has 3 nitrogen and oxygen atoms in total. The first-order valence-corrected chi connectivity index (χ1v) is 7.24. The zero-order valence-corrected chi connectivity index (χ0v) is 12.1. The highest BCUT2D eigenvalue weighted by molar-refractivity contribution is 5.15. The van der Waals surface area contributed by atoms with E-state index < -0.39 is 0 Å². The third-order valence-electron chi connectivity index (χ3n) is 4.30. The van der Waals surface area contributed by atoms with Gasteiger partial charge in [0, 0.05) is 24.7 Å². The van der Waals surface area contributed by atoms with Gasteiger partial charge in [-0.2, -0.15) is 0 Å². The third kappa shape index (κ3) is 3.56. The van der Waals surface area contributed by atoms with Crippen molar-refractivity contribution in [1.82, 2.24) is 4.90 Å². The summed E-state index contributed by atoms with van der Waals surface area (Å²) in [5, 5.41) is 0. The van der Waals surface area contributed by atoms with Crippen LogP contribution in [0.4, 0.5) is 0 Å². The van der Waals surface area contributed by atoms with E-state index in [2.05, 4.69) is 49.1 Å². The van der Waals surface area contributed by atoms with Gasteiger partial charge in [-0.15, -0.1) is 0 Å². The molecule has 1 aromatic rings. The van der Waals surface area contributed by atoms with E-state index in [-0.39, 0.29) is 5.54 Å². The molecular formula is C16H26N2O. The van der Waals surface area contributed by atoms with Crippen LogP contribution >= 0.6 is 0 Å². The average molecular weight is 262 g/mol. The molecule has 1 aliphatic heterocycles. The Hall–Kier alpha value is -0.900. The molecule has 1 saturated heterocycles. The lowest BCUT2D eigenvalue weighted by molar-refractivity contribution is -0.0531. The summed E-state index contributed by atoms with van der Waals surface area (Å²) < 4.78 is 5.53. The summed E-state index contributed by atoms with van der Waals surface area (Å²) in [7, 11) is 0. The van der Waals surface area contributed by atoms with E-state index in [9.17, 15) is 0 Å². The van der Waals surface area contributed by atoms with E-state index >= 15 is 0 Å². The topological polar surface area (TPSA) is 38.5 Å². The number of rotatable bonds is 5. The van der Waals surface area contributed by atoms with Crippen LogP contribution in [0.15, 0.2) is 30.3 Å². The van der Waals surface area contributed by atoms with Gasteiger partial charge in [0.25, 0.3) is 0 Å². The average Bonchev–Trinajstić information content (AvgIpc) is 2.46. The van der Waals surface area contributed by atoms with Crippen molar-refractivity contribution in [3.8, 4) is 0 Å². The summed E-state index contributed by atoms with van der Waals surface area (Å²) in [6.45, 7) is 7.85. The Labute approximate surface area is 116 Å². The lowest BCUT2D eigenvalue weighted by Crippen LogP contribution is -2.59. The molecule has 106 valence electrons. The molecule has 2 rings (SSSR count). The second-order valence-corrected chi connectivity index (χ2v) is 5.80. The van der Waals surface area contributed by atoms with Gasteiger partial charge >= 0.3 is 0 Å². The predicted octanol–water partition coefficient (Wildman–Crippen LogP) is 2.06. The van der Waals surface area contributed by atoms with E-state index in [1.165, 1.54) is 5.56 Å². The van der Waals surface area contributed by atoms with Gasteiger partial charge in [0.05, 0.1) is 13.2 Å². The molecule has 1 aliphatic rings. The monoisotopic (exact) mass is 262 g/mol. The molecule has 0 bridgehead atoms. The minimum absolute atomic E-state index is 0.0685. The fourth-order valence-corrected chi connectivity index (χ4v) is 2.95. The van der Waals surface area contributed by atoms with E-state index in [0.29, 0.717) is 12.6 Å². The number of hydrogen-bond donors (Lipinski definition) is 1. The van der Waals surface area contributed by atoms with E-state index in [4.69, 9.17) is 10.5 Å². The van der Waals surface area contributed by atoms with Crippen LogP contribution in [0.1, 0.15) is 25.8 Å². The minimum Gasteiger partial charge on any atom is -0.379 e. The van der Waals surface area contributed by atoms with Crippen LogP contribution in [0.25, 0.3) is 0 Å². The number of hydrogen-bond acceptors (Lipinski definition) is 3. The molecule has 0 aliphatic carbocycles. The second kappa shape index (κ2) is 6.51. The van der Waals surface area contributed by atoms with E-state index in [1.54, 1.807) is 0 Å². The van der Waals surface area contributed by atoms with Crippen molar-refractivity contribution in [3.05, 3.63) is 35.9 Å². The number of ether oxygens (including phenoxy) is 1. The van der Waals surface area contributed by atoms with Gasteiger partial charge in [-0.05, 0) is 32.3 Å². The van der Waals surface area contributed by atoms with Gasteiger partial charge in [-0.25, -0.2) is 0 Å².